The van der Waals surface area contributed by atoms with Gasteiger partial charge < -0.3 is 10.6 Å². The van der Waals surface area contributed by atoms with E-state index >= 15 is 0 Å². The Labute approximate surface area is 120 Å². The summed E-state index contributed by atoms with van der Waals surface area (Å²) in [5, 5.41) is 0. The molecule has 0 bridgehead atoms. The molecule has 0 aliphatic carbocycles. The zero-order valence-corrected chi connectivity index (χ0v) is 12.7. The van der Waals surface area contributed by atoms with Gasteiger partial charge in [-0.25, -0.2) is 0 Å². The van der Waals surface area contributed by atoms with Crippen molar-refractivity contribution in [2.45, 2.75) is 33.2 Å². The number of carbonyl (C=O) groups excluding carboxylic acids is 1. The van der Waals surface area contributed by atoms with Crippen LogP contribution in [-0.2, 0) is 0 Å². The molecule has 1 aromatic rings. The first-order chi connectivity index (χ1) is 8.82. The lowest BCUT2D eigenvalue weighted by Crippen LogP contribution is -2.36. The lowest BCUT2D eigenvalue weighted by Gasteiger charge is -2.26. The standard InChI is InChI=1S/C14H21N3OS/c1-9(2)7-10(3)17(4)14(18)12-6-5-11(8-16-12)13(15)19/h5-6,8-10H,7H2,1-4H3,(H2,15,19). The van der Waals surface area contributed by atoms with Crippen molar-refractivity contribution in [3.05, 3.63) is 29.6 Å². The van der Waals surface area contributed by atoms with Crippen molar-refractivity contribution in [3.8, 4) is 0 Å². The summed E-state index contributed by atoms with van der Waals surface area (Å²) in [6.45, 7) is 6.33. The highest BCUT2D eigenvalue weighted by Gasteiger charge is 2.19. The molecule has 0 aromatic carbocycles. The minimum absolute atomic E-state index is 0.0809. The average molecular weight is 279 g/mol. The Balaban J connectivity index is 2.79. The third kappa shape index (κ3) is 4.28. The van der Waals surface area contributed by atoms with Gasteiger partial charge in [0.2, 0.25) is 0 Å². The number of hydrogen-bond acceptors (Lipinski definition) is 3. The zero-order valence-electron chi connectivity index (χ0n) is 11.9. The van der Waals surface area contributed by atoms with Gasteiger partial charge in [0, 0.05) is 24.8 Å². The SMILES string of the molecule is CC(C)CC(C)N(C)C(=O)c1ccc(C(N)=S)cn1. The maximum absolute atomic E-state index is 12.2. The second-order valence-electron chi connectivity index (χ2n) is 5.19. The van der Waals surface area contributed by atoms with E-state index in [0.29, 0.717) is 17.2 Å². The Morgan fingerprint density at radius 1 is 1.42 bits per heavy atom. The van der Waals surface area contributed by atoms with Crippen LogP contribution in [0.2, 0.25) is 0 Å². The van der Waals surface area contributed by atoms with Crippen LogP contribution in [0.3, 0.4) is 0 Å². The number of thiocarbonyl (C=S) groups is 1. The van der Waals surface area contributed by atoms with E-state index in [0.717, 1.165) is 6.42 Å². The third-order valence-electron chi connectivity index (χ3n) is 3.06. The molecule has 0 saturated carbocycles. The first-order valence-electron chi connectivity index (χ1n) is 6.36. The number of amides is 1. The van der Waals surface area contributed by atoms with Gasteiger partial charge in [0.15, 0.2) is 0 Å². The Bertz CT molecular complexity index is 456. The first kappa shape index (κ1) is 15.6. The smallest absolute Gasteiger partial charge is 0.272 e. The fourth-order valence-electron chi connectivity index (χ4n) is 1.89. The van der Waals surface area contributed by atoms with Crippen molar-refractivity contribution in [2.75, 3.05) is 7.05 Å². The van der Waals surface area contributed by atoms with E-state index in [4.69, 9.17) is 18.0 Å². The van der Waals surface area contributed by atoms with Crippen LogP contribution >= 0.6 is 12.2 Å². The van der Waals surface area contributed by atoms with Crippen molar-refractivity contribution >= 4 is 23.1 Å². The van der Waals surface area contributed by atoms with E-state index in [1.807, 2.05) is 6.92 Å². The molecule has 0 spiro atoms. The molecule has 0 aliphatic rings. The van der Waals surface area contributed by atoms with Crippen molar-refractivity contribution in [3.63, 3.8) is 0 Å². The van der Waals surface area contributed by atoms with E-state index in [2.05, 4.69) is 18.8 Å². The fraction of sp³-hybridized carbons (Fsp3) is 0.500. The summed E-state index contributed by atoms with van der Waals surface area (Å²) in [4.78, 5) is 18.4. The lowest BCUT2D eigenvalue weighted by molar-refractivity contribution is 0.0722. The molecule has 0 saturated heterocycles. The van der Waals surface area contributed by atoms with Gasteiger partial charge >= 0.3 is 0 Å². The Morgan fingerprint density at radius 2 is 2.05 bits per heavy atom. The molecule has 0 aliphatic heterocycles. The molecule has 19 heavy (non-hydrogen) atoms. The van der Waals surface area contributed by atoms with Crippen LogP contribution in [0.25, 0.3) is 0 Å². The normalized spacial score (nSPS) is 12.3. The Hall–Kier alpha value is -1.49. The number of rotatable bonds is 5. The largest absolute Gasteiger partial charge is 0.389 e. The summed E-state index contributed by atoms with van der Waals surface area (Å²) in [6, 6.07) is 3.57. The molecule has 1 rings (SSSR count). The summed E-state index contributed by atoms with van der Waals surface area (Å²) < 4.78 is 0. The Kier molecular flexibility index (Phi) is 5.42. The molecule has 0 fully saturated rings. The molecule has 5 heteroatoms. The van der Waals surface area contributed by atoms with Gasteiger partial charge in [-0.15, -0.1) is 0 Å². The van der Waals surface area contributed by atoms with Crippen molar-refractivity contribution in [1.82, 2.24) is 9.88 Å². The highest BCUT2D eigenvalue weighted by Crippen LogP contribution is 2.12. The molecule has 1 heterocycles. The van der Waals surface area contributed by atoms with Crippen LogP contribution in [-0.4, -0.2) is 33.9 Å². The van der Waals surface area contributed by atoms with Gasteiger partial charge in [0.05, 0.1) is 0 Å². The van der Waals surface area contributed by atoms with Gasteiger partial charge in [0.1, 0.15) is 10.7 Å². The van der Waals surface area contributed by atoms with E-state index < -0.39 is 0 Å². The Morgan fingerprint density at radius 3 is 2.47 bits per heavy atom. The van der Waals surface area contributed by atoms with Gasteiger partial charge in [-0.1, -0.05) is 26.1 Å². The molecule has 104 valence electrons. The molecule has 1 amide bonds. The van der Waals surface area contributed by atoms with Gasteiger partial charge in [-0.3, -0.25) is 9.78 Å². The quantitative estimate of drug-likeness (QED) is 0.840. The average Bonchev–Trinajstić information content (AvgIpc) is 2.36. The summed E-state index contributed by atoms with van der Waals surface area (Å²) in [7, 11) is 1.80. The predicted molar refractivity (Wildman–Crippen MR) is 81.1 cm³/mol. The topological polar surface area (TPSA) is 59.2 Å². The highest BCUT2D eigenvalue weighted by atomic mass is 32.1. The fourth-order valence-corrected chi connectivity index (χ4v) is 2.01. The summed E-state index contributed by atoms with van der Waals surface area (Å²) in [6.07, 6.45) is 2.50. The molecule has 4 nitrogen and oxygen atoms in total. The molecule has 1 aromatic heterocycles. The van der Waals surface area contributed by atoms with Crippen molar-refractivity contribution in [2.24, 2.45) is 11.7 Å². The van der Waals surface area contributed by atoms with E-state index in [-0.39, 0.29) is 16.9 Å². The van der Waals surface area contributed by atoms with Crippen LogP contribution in [0.15, 0.2) is 18.3 Å². The van der Waals surface area contributed by atoms with Crippen LogP contribution in [0.4, 0.5) is 0 Å². The molecule has 1 unspecified atom stereocenters. The maximum Gasteiger partial charge on any atom is 0.272 e. The van der Waals surface area contributed by atoms with Crippen LogP contribution < -0.4 is 5.73 Å². The minimum Gasteiger partial charge on any atom is -0.389 e. The third-order valence-corrected chi connectivity index (χ3v) is 3.30. The number of nitrogens with zero attached hydrogens (tertiary/aromatic N) is 2. The molecule has 1 atom stereocenters. The monoisotopic (exact) mass is 279 g/mol. The van der Waals surface area contributed by atoms with E-state index in [1.165, 1.54) is 6.20 Å². The number of hydrogen-bond donors (Lipinski definition) is 1. The summed E-state index contributed by atoms with van der Waals surface area (Å²) in [5.41, 5.74) is 6.58. The lowest BCUT2D eigenvalue weighted by atomic mass is 10.0. The predicted octanol–water partition coefficient (Wildman–Crippen LogP) is 2.22. The molecule has 0 radical (unpaired) electrons. The van der Waals surface area contributed by atoms with Gasteiger partial charge in [-0.2, -0.15) is 0 Å². The van der Waals surface area contributed by atoms with Crippen LogP contribution in [0, 0.1) is 5.92 Å². The number of nitrogens with two attached hydrogens (primary N) is 1. The summed E-state index contributed by atoms with van der Waals surface area (Å²) in [5.74, 6) is 0.470. The van der Waals surface area contributed by atoms with E-state index in [9.17, 15) is 4.79 Å². The second kappa shape index (κ2) is 6.61. The van der Waals surface area contributed by atoms with Crippen LogP contribution in [0.1, 0.15) is 43.2 Å². The van der Waals surface area contributed by atoms with Gasteiger partial charge in [0.25, 0.3) is 5.91 Å². The highest BCUT2D eigenvalue weighted by molar-refractivity contribution is 7.80. The zero-order chi connectivity index (χ0) is 14.6. The van der Waals surface area contributed by atoms with Crippen molar-refractivity contribution < 1.29 is 4.79 Å². The number of pyridine rings is 1. The first-order valence-corrected chi connectivity index (χ1v) is 6.76. The minimum atomic E-state index is -0.0809. The molecular weight excluding hydrogens is 258 g/mol. The molecule has 2 N–H and O–H groups in total. The number of carbonyl (C=O) groups is 1. The number of aromatic nitrogens is 1. The molecular formula is C14H21N3OS. The van der Waals surface area contributed by atoms with Gasteiger partial charge in [-0.05, 0) is 31.4 Å². The maximum atomic E-state index is 12.2. The van der Waals surface area contributed by atoms with Crippen molar-refractivity contribution in [1.29, 1.82) is 0 Å². The summed E-state index contributed by atoms with van der Waals surface area (Å²) >= 11 is 4.85. The van der Waals surface area contributed by atoms with E-state index in [1.54, 1.807) is 24.1 Å². The van der Waals surface area contributed by atoms with Crippen LogP contribution in [0.5, 0.6) is 0 Å². The second-order valence-corrected chi connectivity index (χ2v) is 5.63.